The summed E-state index contributed by atoms with van der Waals surface area (Å²) in [5, 5.41) is 0. The number of terminal acetylenes is 1. The second-order valence-electron chi connectivity index (χ2n) is 4.23. The largest absolute Gasteiger partial charge is 0.397 e. The monoisotopic (exact) mass is 292 g/mol. The van der Waals surface area contributed by atoms with Gasteiger partial charge >= 0.3 is 0 Å². The molecule has 0 aromatic heterocycles. The van der Waals surface area contributed by atoms with E-state index in [0.29, 0.717) is 18.7 Å². The lowest BCUT2D eigenvalue weighted by Crippen LogP contribution is -2.26. The van der Waals surface area contributed by atoms with Crippen LogP contribution in [0.1, 0.15) is 12.0 Å². The lowest BCUT2D eigenvalue weighted by atomic mass is 10.1. The van der Waals surface area contributed by atoms with Gasteiger partial charge in [0, 0.05) is 23.4 Å². The third-order valence-electron chi connectivity index (χ3n) is 2.93. The smallest absolute Gasteiger partial charge is 0.228 e. The van der Waals surface area contributed by atoms with Crippen LogP contribution in [0.25, 0.3) is 0 Å². The average Bonchev–Trinajstić information content (AvgIpc) is 2.59. The molecule has 0 bridgehead atoms. The predicted molar refractivity (Wildman–Crippen MR) is 72.6 cm³/mol. The van der Waals surface area contributed by atoms with Gasteiger partial charge in [-0.1, -0.05) is 15.9 Å². The number of aryl methyl sites for hydroxylation is 1. The van der Waals surface area contributed by atoms with Gasteiger partial charge in [0.05, 0.1) is 11.4 Å². The Hall–Kier alpha value is -1.47. The van der Waals surface area contributed by atoms with Crippen molar-refractivity contribution < 1.29 is 4.79 Å². The van der Waals surface area contributed by atoms with Crippen LogP contribution in [0.5, 0.6) is 0 Å². The van der Waals surface area contributed by atoms with Crippen LogP contribution in [0.15, 0.2) is 16.6 Å². The number of nitrogen functional groups attached to an aromatic ring is 1. The van der Waals surface area contributed by atoms with Gasteiger partial charge in [-0.05, 0) is 24.6 Å². The van der Waals surface area contributed by atoms with E-state index in [1.54, 1.807) is 11.0 Å². The summed E-state index contributed by atoms with van der Waals surface area (Å²) in [6.07, 6.45) is 5.78. The molecule has 1 aromatic rings. The van der Waals surface area contributed by atoms with Crippen molar-refractivity contribution in [3.8, 4) is 12.3 Å². The molecule has 1 aliphatic rings. The molecular weight excluding hydrogens is 280 g/mol. The van der Waals surface area contributed by atoms with Gasteiger partial charge in [0.2, 0.25) is 5.91 Å². The lowest BCUT2D eigenvalue weighted by molar-refractivity contribution is -0.117. The number of amides is 1. The maximum Gasteiger partial charge on any atom is 0.228 e. The predicted octanol–water partition coefficient (Wildman–Crippen LogP) is 2.33. The van der Waals surface area contributed by atoms with E-state index < -0.39 is 0 Å². The van der Waals surface area contributed by atoms with Gasteiger partial charge in [0.25, 0.3) is 0 Å². The first kappa shape index (κ1) is 12.0. The summed E-state index contributed by atoms with van der Waals surface area (Å²) in [4.78, 5) is 13.6. The Balaban J connectivity index is 2.42. The van der Waals surface area contributed by atoms with Gasteiger partial charge in [-0.3, -0.25) is 4.79 Å². The molecule has 17 heavy (non-hydrogen) atoms. The number of nitrogens with zero attached hydrogens (tertiary/aromatic N) is 1. The maximum atomic E-state index is 11.9. The van der Waals surface area contributed by atoms with Crippen molar-refractivity contribution in [1.29, 1.82) is 0 Å². The van der Waals surface area contributed by atoms with Crippen molar-refractivity contribution >= 4 is 33.2 Å². The molecule has 2 rings (SSSR count). The number of nitrogens with two attached hydrogens (primary N) is 1. The first-order valence-electron chi connectivity index (χ1n) is 5.35. The summed E-state index contributed by atoms with van der Waals surface area (Å²) < 4.78 is 0.913. The number of carbonyl (C=O) groups excluding carboxylic acids is 1. The van der Waals surface area contributed by atoms with Crippen molar-refractivity contribution in [3.63, 3.8) is 0 Å². The molecule has 1 atom stereocenters. The molecule has 88 valence electrons. The minimum atomic E-state index is -0.00931. The molecule has 1 amide bonds. The summed E-state index contributed by atoms with van der Waals surface area (Å²) in [5.74, 6) is 2.67. The topological polar surface area (TPSA) is 46.3 Å². The molecule has 1 fully saturated rings. The normalized spacial score (nSPS) is 19.5. The SMILES string of the molecule is C#CC1CC(=O)N(c2c(C)cc(Br)cc2N)C1. The zero-order chi connectivity index (χ0) is 12.6. The third-order valence-corrected chi connectivity index (χ3v) is 3.38. The van der Waals surface area contributed by atoms with E-state index in [0.717, 1.165) is 15.7 Å². The fraction of sp³-hybridized carbons (Fsp3) is 0.308. The first-order valence-corrected chi connectivity index (χ1v) is 6.14. The first-order chi connectivity index (χ1) is 8.02. The number of benzene rings is 1. The van der Waals surface area contributed by atoms with E-state index in [1.807, 2.05) is 13.0 Å². The minimum absolute atomic E-state index is 0.00931. The summed E-state index contributed by atoms with van der Waals surface area (Å²) in [6, 6.07) is 3.75. The van der Waals surface area contributed by atoms with Gasteiger partial charge in [-0.2, -0.15) is 0 Å². The third kappa shape index (κ3) is 2.16. The molecule has 3 nitrogen and oxygen atoms in total. The summed E-state index contributed by atoms with van der Waals surface area (Å²) in [7, 11) is 0. The van der Waals surface area contributed by atoms with Gasteiger partial charge in [-0.15, -0.1) is 12.3 Å². The van der Waals surface area contributed by atoms with Crippen molar-refractivity contribution in [2.45, 2.75) is 13.3 Å². The molecule has 1 aliphatic heterocycles. The van der Waals surface area contributed by atoms with Gasteiger partial charge in [-0.25, -0.2) is 0 Å². The number of rotatable bonds is 1. The Bertz CT molecular complexity index is 496. The molecule has 1 heterocycles. The fourth-order valence-electron chi connectivity index (χ4n) is 2.17. The standard InChI is InChI=1S/C13H13BrN2O/c1-3-9-5-12(17)16(7-9)13-8(2)4-10(14)6-11(13)15/h1,4,6,9H,5,7,15H2,2H3. The van der Waals surface area contributed by atoms with Crippen LogP contribution >= 0.6 is 15.9 Å². The average molecular weight is 293 g/mol. The quantitative estimate of drug-likeness (QED) is 0.638. The van der Waals surface area contributed by atoms with E-state index in [1.165, 1.54) is 0 Å². The van der Waals surface area contributed by atoms with Crippen LogP contribution in [0, 0.1) is 25.2 Å². The molecular formula is C13H13BrN2O. The number of anilines is 2. The number of halogens is 1. The highest BCUT2D eigenvalue weighted by atomic mass is 79.9. The molecule has 1 saturated heterocycles. The van der Waals surface area contributed by atoms with E-state index >= 15 is 0 Å². The Morgan fingerprint density at radius 2 is 2.29 bits per heavy atom. The Morgan fingerprint density at radius 1 is 1.59 bits per heavy atom. The summed E-state index contributed by atoms with van der Waals surface area (Å²) >= 11 is 3.38. The highest BCUT2D eigenvalue weighted by Crippen LogP contribution is 2.34. The number of hydrogen-bond acceptors (Lipinski definition) is 2. The Labute approximate surface area is 109 Å². The van der Waals surface area contributed by atoms with E-state index in [-0.39, 0.29) is 11.8 Å². The zero-order valence-corrected chi connectivity index (χ0v) is 11.1. The van der Waals surface area contributed by atoms with E-state index in [4.69, 9.17) is 12.2 Å². The lowest BCUT2D eigenvalue weighted by Gasteiger charge is -2.21. The van der Waals surface area contributed by atoms with Gasteiger partial charge in [0.1, 0.15) is 0 Å². The van der Waals surface area contributed by atoms with Crippen LogP contribution in [0.2, 0.25) is 0 Å². The molecule has 0 spiro atoms. The molecule has 0 radical (unpaired) electrons. The Morgan fingerprint density at radius 3 is 2.82 bits per heavy atom. The number of carbonyl (C=O) groups is 1. The highest BCUT2D eigenvalue weighted by molar-refractivity contribution is 9.10. The summed E-state index contributed by atoms with van der Waals surface area (Å²) in [5.41, 5.74) is 8.34. The van der Waals surface area contributed by atoms with Gasteiger partial charge in [0.15, 0.2) is 0 Å². The molecule has 0 aliphatic carbocycles. The highest BCUT2D eigenvalue weighted by Gasteiger charge is 2.31. The molecule has 4 heteroatoms. The van der Waals surface area contributed by atoms with Crippen LogP contribution in [-0.4, -0.2) is 12.5 Å². The molecule has 0 saturated carbocycles. The van der Waals surface area contributed by atoms with E-state index in [9.17, 15) is 4.79 Å². The van der Waals surface area contributed by atoms with E-state index in [2.05, 4.69) is 21.9 Å². The van der Waals surface area contributed by atoms with Crippen LogP contribution in [0.3, 0.4) is 0 Å². The van der Waals surface area contributed by atoms with Crippen molar-refractivity contribution in [1.82, 2.24) is 0 Å². The fourth-order valence-corrected chi connectivity index (χ4v) is 2.76. The second kappa shape index (κ2) is 4.42. The van der Waals surface area contributed by atoms with Crippen LogP contribution < -0.4 is 10.6 Å². The maximum absolute atomic E-state index is 11.9. The van der Waals surface area contributed by atoms with Crippen molar-refractivity contribution in [2.24, 2.45) is 5.92 Å². The van der Waals surface area contributed by atoms with Gasteiger partial charge < -0.3 is 10.6 Å². The summed E-state index contributed by atoms with van der Waals surface area (Å²) in [6.45, 7) is 2.49. The van der Waals surface area contributed by atoms with Crippen molar-refractivity contribution in [2.75, 3.05) is 17.2 Å². The van der Waals surface area contributed by atoms with Crippen molar-refractivity contribution in [3.05, 3.63) is 22.2 Å². The number of hydrogen-bond donors (Lipinski definition) is 1. The van der Waals surface area contributed by atoms with Crippen LogP contribution in [0.4, 0.5) is 11.4 Å². The zero-order valence-electron chi connectivity index (χ0n) is 9.53. The molecule has 2 N–H and O–H groups in total. The molecule has 1 aromatic carbocycles. The second-order valence-corrected chi connectivity index (χ2v) is 5.15. The van der Waals surface area contributed by atoms with Crippen LogP contribution in [-0.2, 0) is 4.79 Å². The Kier molecular flexibility index (Phi) is 3.12. The molecule has 1 unspecified atom stereocenters. The minimum Gasteiger partial charge on any atom is -0.397 e.